The van der Waals surface area contributed by atoms with Crippen LogP contribution in [0.4, 0.5) is 5.82 Å². The first-order chi connectivity index (χ1) is 28.5. The van der Waals surface area contributed by atoms with Crippen molar-refractivity contribution < 1.29 is 46.2 Å². The molecule has 326 valence electrons. The molecule has 0 saturated carbocycles. The topological polar surface area (TPSA) is 203 Å². The Morgan fingerprint density at radius 2 is 1.72 bits per heavy atom. The number of rotatable bonds is 15. The van der Waals surface area contributed by atoms with Crippen LogP contribution in [0.3, 0.4) is 0 Å². The third-order valence-corrected chi connectivity index (χ3v) is 17.0. The van der Waals surface area contributed by atoms with E-state index in [-0.39, 0.29) is 31.6 Å². The van der Waals surface area contributed by atoms with Gasteiger partial charge in [0.2, 0.25) is 0 Å². The summed E-state index contributed by atoms with van der Waals surface area (Å²) in [4.78, 5) is 46.0. The third-order valence-electron chi connectivity index (χ3n) is 11.1. The van der Waals surface area contributed by atoms with Crippen LogP contribution in [0.5, 0.6) is 0 Å². The highest BCUT2D eigenvalue weighted by atomic mass is 31.2. The van der Waals surface area contributed by atoms with Gasteiger partial charge in [0, 0.05) is 40.6 Å². The van der Waals surface area contributed by atoms with E-state index in [4.69, 9.17) is 41.7 Å². The summed E-state index contributed by atoms with van der Waals surface area (Å²) in [5.41, 5.74) is 0.559. The average Bonchev–Trinajstić information content (AvgIpc) is 3.90. The van der Waals surface area contributed by atoms with Crippen LogP contribution in [0, 0.1) is 0 Å². The van der Waals surface area contributed by atoms with Crippen LogP contribution >= 0.6 is 7.82 Å². The van der Waals surface area contributed by atoms with Gasteiger partial charge in [-0.2, -0.15) is 0 Å². The number of phosphoric acid groups is 1. The average molecular weight is 873 g/mol. The van der Waals surface area contributed by atoms with Crippen LogP contribution in [0.1, 0.15) is 38.8 Å². The van der Waals surface area contributed by atoms with Crippen LogP contribution in [-0.2, 0) is 59.6 Å². The molecule has 0 bridgehead atoms. The Balaban J connectivity index is 1.10. The minimum Gasteiger partial charge on any atom is -0.408 e. The van der Waals surface area contributed by atoms with Gasteiger partial charge in [0.25, 0.3) is 5.56 Å². The van der Waals surface area contributed by atoms with Gasteiger partial charge in [-0.25, -0.2) is 33.9 Å². The van der Waals surface area contributed by atoms with Gasteiger partial charge in [-0.3, -0.25) is 27.5 Å². The zero-order valence-electron chi connectivity index (χ0n) is 35.1. The normalized spacial score (nSPS) is 28.5. The Morgan fingerprint density at radius 3 is 2.42 bits per heavy atom. The predicted molar refractivity (Wildman–Crippen MR) is 219 cm³/mol. The first kappa shape index (κ1) is 44.1. The van der Waals surface area contributed by atoms with E-state index < -0.39 is 76.5 Å². The quantitative estimate of drug-likeness (QED) is 0.0717. The van der Waals surface area contributed by atoms with Crippen molar-refractivity contribution in [1.29, 1.82) is 0 Å². The smallest absolute Gasteiger partial charge is 0.408 e. The van der Waals surface area contributed by atoms with E-state index in [1.807, 2.05) is 44.4 Å². The molecule has 3 aliphatic rings. The monoisotopic (exact) mass is 872 g/mol. The van der Waals surface area contributed by atoms with Gasteiger partial charge in [0.15, 0.2) is 37.8 Å². The molecule has 60 heavy (non-hydrogen) atoms. The van der Waals surface area contributed by atoms with Gasteiger partial charge in [-0.05, 0) is 23.7 Å². The van der Waals surface area contributed by atoms with E-state index in [2.05, 4.69) is 53.8 Å². The lowest BCUT2D eigenvalue weighted by Gasteiger charge is -2.40. The number of nitrogens with zero attached hydrogens (tertiary/aromatic N) is 8. The van der Waals surface area contributed by atoms with Gasteiger partial charge in [-0.15, -0.1) is 0 Å². The molecule has 3 fully saturated rings. The minimum atomic E-state index is -4.30. The van der Waals surface area contributed by atoms with E-state index >= 15 is 0 Å². The molecule has 0 spiro atoms. The molecular formula is C38H53N8O12PSi. The van der Waals surface area contributed by atoms with E-state index in [0.29, 0.717) is 17.0 Å². The number of fused-ring (bicyclic) bond motifs is 2. The molecule has 0 unspecified atom stereocenters. The van der Waals surface area contributed by atoms with Crippen LogP contribution < -0.4 is 11.2 Å². The SMILES string of the molecule is CO[C@@H]1[C@@H]2O[P@](=O)(OC[C@H]3O[C@@H](n4cnc5c(/N=C/N(C)C)ncnc54)[C@H](OC)[C@@H]3O[Si](C)(C)C(C)(C)C)OC[C@H]2O[C@H]1n1ccc(=O)n(COCc2ccccc2)c1=O. The highest BCUT2D eigenvalue weighted by Gasteiger charge is 2.56. The molecule has 4 aromatic rings. The number of aromatic nitrogens is 6. The van der Waals surface area contributed by atoms with E-state index in [1.54, 1.807) is 29.2 Å². The molecular weight excluding hydrogens is 820 g/mol. The standard InChI is InChI=1S/C38H53N8O12PSi/c1-38(2,3)60(8,9)58-30-26(56-36(32(30)51-7)45-22-41-28-33(42-21-43(4)5)39-20-40-34(28)45)19-54-59(49)53-18-25-29(57-59)31(50-6)35(55-25)44-16-15-27(47)46(37(44)48)23-52-17-24-13-11-10-12-14-24/h10-16,20-22,25-26,29-32,35-36H,17-19,23H2,1-9H3/b42-21+/t25-,26-,29-,30-,31-,32-,35-,36-,59+/m1/s1. The Morgan fingerprint density at radius 1 is 0.983 bits per heavy atom. The third kappa shape index (κ3) is 8.98. The van der Waals surface area contributed by atoms with Crippen LogP contribution in [0.2, 0.25) is 18.1 Å². The summed E-state index contributed by atoms with van der Waals surface area (Å²) in [7, 11) is -0.0931. The fourth-order valence-corrected chi connectivity index (χ4v) is 9.69. The van der Waals surface area contributed by atoms with Gasteiger partial charge in [-0.1, -0.05) is 51.1 Å². The van der Waals surface area contributed by atoms with E-state index in [9.17, 15) is 14.2 Å². The van der Waals surface area contributed by atoms with Crippen LogP contribution in [-0.4, -0.2) is 126 Å². The van der Waals surface area contributed by atoms with Crippen LogP contribution in [0.15, 0.2) is 69.8 Å². The molecule has 3 aliphatic heterocycles. The summed E-state index contributed by atoms with van der Waals surface area (Å²) in [6, 6.07) is 10.6. The Hall–Kier alpha value is -3.99. The van der Waals surface area contributed by atoms with Crippen molar-refractivity contribution in [2.24, 2.45) is 4.99 Å². The number of phosphoric ester groups is 1. The fraction of sp³-hybridized carbons (Fsp3) is 0.579. The van der Waals surface area contributed by atoms with Gasteiger partial charge < -0.3 is 33.0 Å². The largest absolute Gasteiger partial charge is 0.475 e. The fourth-order valence-electron chi connectivity index (χ4n) is 6.96. The number of methoxy groups -OCH3 is 2. The maximum Gasteiger partial charge on any atom is 0.475 e. The number of hydrogen-bond donors (Lipinski definition) is 0. The highest BCUT2D eigenvalue weighted by molar-refractivity contribution is 7.48. The molecule has 20 nitrogen and oxygen atoms in total. The molecule has 6 heterocycles. The van der Waals surface area contributed by atoms with E-state index in [1.165, 1.54) is 30.3 Å². The van der Waals surface area contributed by atoms with Crippen molar-refractivity contribution in [2.75, 3.05) is 41.5 Å². The maximum atomic E-state index is 14.3. The molecule has 0 radical (unpaired) electrons. The number of imidazole rings is 1. The van der Waals surface area contributed by atoms with Gasteiger partial charge >= 0.3 is 13.5 Å². The summed E-state index contributed by atoms with van der Waals surface area (Å²) in [6.45, 7) is 10.0. The molecule has 1 aromatic carbocycles. The van der Waals surface area contributed by atoms with Gasteiger partial charge in [0.05, 0.1) is 32.5 Å². The molecule has 22 heteroatoms. The maximum absolute atomic E-state index is 14.3. The highest BCUT2D eigenvalue weighted by Crippen LogP contribution is 2.57. The van der Waals surface area contributed by atoms with Gasteiger partial charge in [0.1, 0.15) is 49.7 Å². The summed E-state index contributed by atoms with van der Waals surface area (Å²) < 4.78 is 73.5. The van der Waals surface area contributed by atoms with Crippen molar-refractivity contribution in [2.45, 2.75) is 101 Å². The molecule has 0 aliphatic carbocycles. The van der Waals surface area contributed by atoms with E-state index in [0.717, 1.165) is 10.1 Å². The summed E-state index contributed by atoms with van der Waals surface area (Å²) in [5.74, 6) is 0.378. The zero-order valence-corrected chi connectivity index (χ0v) is 37.0. The first-order valence-corrected chi connectivity index (χ1v) is 23.8. The summed E-state index contributed by atoms with van der Waals surface area (Å²) in [6.07, 6.45) is -0.866. The second-order valence-corrected chi connectivity index (χ2v) is 22.8. The minimum absolute atomic E-state index is 0.182. The van der Waals surface area contributed by atoms with Crippen molar-refractivity contribution in [3.63, 3.8) is 0 Å². The lowest BCUT2D eigenvalue weighted by molar-refractivity contribution is -0.0844. The lowest BCUT2D eigenvalue weighted by atomic mass is 10.1. The Labute approximate surface area is 348 Å². The summed E-state index contributed by atoms with van der Waals surface area (Å²) >= 11 is 0. The summed E-state index contributed by atoms with van der Waals surface area (Å²) in [5, 5.41) is -0.182. The number of ether oxygens (including phenoxy) is 5. The Bertz CT molecular complexity index is 2320. The number of benzene rings is 1. The van der Waals surface area contributed by atoms with Crippen molar-refractivity contribution in [3.8, 4) is 0 Å². The molecule has 7 rings (SSSR count). The predicted octanol–water partition coefficient (Wildman–Crippen LogP) is 4.00. The first-order valence-electron chi connectivity index (χ1n) is 19.5. The second kappa shape index (κ2) is 17.8. The molecule has 3 saturated heterocycles. The zero-order chi connectivity index (χ0) is 43.0. The molecule has 0 amide bonds. The molecule has 0 N–H and O–H groups in total. The van der Waals surface area contributed by atoms with Crippen molar-refractivity contribution in [3.05, 3.63) is 81.7 Å². The second-order valence-electron chi connectivity index (χ2n) is 16.4. The van der Waals surface area contributed by atoms with Crippen LogP contribution in [0.25, 0.3) is 11.2 Å². The number of hydrogen-bond acceptors (Lipinski definition) is 16. The lowest BCUT2D eigenvalue weighted by Crippen LogP contribution is -2.50. The van der Waals surface area contributed by atoms with Crippen molar-refractivity contribution in [1.82, 2.24) is 33.6 Å². The Kier molecular flexibility index (Phi) is 13.1. The van der Waals surface area contributed by atoms with Crippen molar-refractivity contribution >= 4 is 39.5 Å². The molecule has 9 atom stereocenters. The molecule has 3 aromatic heterocycles. The number of aliphatic imine (C=N–C) groups is 1.